The van der Waals surface area contributed by atoms with Gasteiger partial charge >= 0.3 is 0 Å². The van der Waals surface area contributed by atoms with E-state index in [0.717, 1.165) is 24.2 Å². The van der Waals surface area contributed by atoms with Gasteiger partial charge in [-0.15, -0.1) is 0 Å². The van der Waals surface area contributed by atoms with E-state index in [0.29, 0.717) is 18.3 Å². The third-order valence-electron chi connectivity index (χ3n) is 3.70. The van der Waals surface area contributed by atoms with Gasteiger partial charge in [-0.2, -0.15) is 0 Å². The number of furan rings is 1. The molecule has 20 heavy (non-hydrogen) atoms. The second kappa shape index (κ2) is 5.29. The Morgan fingerprint density at radius 2 is 2.20 bits per heavy atom. The van der Waals surface area contributed by atoms with Crippen molar-refractivity contribution in [1.82, 2.24) is 0 Å². The first-order valence-electron chi connectivity index (χ1n) is 6.99. The summed E-state index contributed by atoms with van der Waals surface area (Å²) in [7, 11) is 0. The van der Waals surface area contributed by atoms with Gasteiger partial charge in [-0.3, -0.25) is 0 Å². The quantitative estimate of drug-likeness (QED) is 0.905. The zero-order chi connectivity index (χ0) is 14.1. The molecule has 0 bridgehead atoms. The number of rotatable bonds is 5. The lowest BCUT2D eigenvalue weighted by Crippen LogP contribution is -2.26. The van der Waals surface area contributed by atoms with Gasteiger partial charge in [0.1, 0.15) is 11.6 Å². The van der Waals surface area contributed by atoms with E-state index in [1.807, 2.05) is 31.2 Å². The normalized spacial score (nSPS) is 16.1. The molecule has 0 saturated heterocycles. The third-order valence-corrected chi connectivity index (χ3v) is 3.70. The van der Waals surface area contributed by atoms with Crippen LogP contribution in [0.5, 0.6) is 0 Å². The Balaban J connectivity index is 1.87. The van der Waals surface area contributed by atoms with Crippen LogP contribution < -0.4 is 10.6 Å². The Morgan fingerprint density at radius 1 is 1.40 bits per heavy atom. The van der Waals surface area contributed by atoms with Crippen LogP contribution in [0.1, 0.15) is 37.1 Å². The summed E-state index contributed by atoms with van der Waals surface area (Å²) in [5, 5.41) is 0. The van der Waals surface area contributed by atoms with Crippen molar-refractivity contribution in [1.29, 1.82) is 0 Å². The molecule has 0 aliphatic heterocycles. The molecule has 1 aromatic heterocycles. The molecule has 1 aromatic carbocycles. The van der Waals surface area contributed by atoms with Crippen LogP contribution in [0.4, 0.5) is 10.1 Å². The van der Waals surface area contributed by atoms with Crippen molar-refractivity contribution in [2.24, 2.45) is 5.73 Å². The van der Waals surface area contributed by atoms with Crippen molar-refractivity contribution in [3.8, 4) is 0 Å². The summed E-state index contributed by atoms with van der Waals surface area (Å²) in [4.78, 5) is 2.08. The first kappa shape index (κ1) is 13.2. The monoisotopic (exact) mass is 274 g/mol. The number of nitrogens with two attached hydrogens (primary N) is 1. The topological polar surface area (TPSA) is 42.4 Å². The number of halogens is 1. The van der Waals surface area contributed by atoms with Gasteiger partial charge < -0.3 is 15.1 Å². The molecule has 4 heteroatoms. The van der Waals surface area contributed by atoms with Gasteiger partial charge in [0.2, 0.25) is 0 Å². The minimum Gasteiger partial charge on any atom is -0.467 e. The standard InChI is InChI=1S/C16H19FN2O/c1-11(18)12-4-7-16(15(17)9-12)19(13-5-6-13)10-14-3-2-8-20-14/h2-4,7-9,11,13H,5-6,10,18H2,1H3. The zero-order valence-electron chi connectivity index (χ0n) is 11.6. The summed E-state index contributed by atoms with van der Waals surface area (Å²) < 4.78 is 19.7. The molecule has 2 aromatic rings. The van der Waals surface area contributed by atoms with Gasteiger partial charge in [-0.25, -0.2) is 4.39 Å². The van der Waals surface area contributed by atoms with Crippen LogP contribution in [0.15, 0.2) is 41.0 Å². The summed E-state index contributed by atoms with van der Waals surface area (Å²) in [6.45, 7) is 2.46. The molecule has 0 amide bonds. The molecule has 1 aliphatic carbocycles. The third kappa shape index (κ3) is 2.70. The van der Waals surface area contributed by atoms with Crippen LogP contribution in [0, 0.1) is 5.82 Å². The van der Waals surface area contributed by atoms with Gasteiger partial charge in [0.05, 0.1) is 18.5 Å². The molecule has 3 rings (SSSR count). The lowest BCUT2D eigenvalue weighted by Gasteiger charge is -2.24. The largest absolute Gasteiger partial charge is 0.467 e. The van der Waals surface area contributed by atoms with E-state index in [1.54, 1.807) is 6.26 Å². The molecule has 2 N–H and O–H groups in total. The fraction of sp³-hybridized carbons (Fsp3) is 0.375. The van der Waals surface area contributed by atoms with Crippen LogP contribution >= 0.6 is 0 Å². The van der Waals surface area contributed by atoms with Crippen molar-refractivity contribution < 1.29 is 8.81 Å². The molecule has 1 atom stereocenters. The molecule has 106 valence electrons. The lowest BCUT2D eigenvalue weighted by molar-refractivity contribution is 0.498. The minimum absolute atomic E-state index is 0.155. The van der Waals surface area contributed by atoms with E-state index in [2.05, 4.69) is 4.90 Å². The van der Waals surface area contributed by atoms with Gasteiger partial charge in [0.15, 0.2) is 0 Å². The number of benzene rings is 1. The second-order valence-corrected chi connectivity index (χ2v) is 5.44. The fourth-order valence-electron chi connectivity index (χ4n) is 2.41. The maximum Gasteiger partial charge on any atom is 0.146 e. The highest BCUT2D eigenvalue weighted by Crippen LogP contribution is 2.35. The van der Waals surface area contributed by atoms with E-state index in [9.17, 15) is 4.39 Å². The molecule has 1 fully saturated rings. The van der Waals surface area contributed by atoms with E-state index in [4.69, 9.17) is 10.2 Å². The summed E-state index contributed by atoms with van der Waals surface area (Å²) >= 11 is 0. The Morgan fingerprint density at radius 3 is 2.75 bits per heavy atom. The highest BCUT2D eigenvalue weighted by atomic mass is 19.1. The minimum atomic E-state index is -0.210. The molecule has 1 heterocycles. The first-order valence-corrected chi connectivity index (χ1v) is 6.99. The first-order chi connectivity index (χ1) is 9.65. The molecule has 3 nitrogen and oxygen atoms in total. The maximum atomic E-state index is 14.3. The van der Waals surface area contributed by atoms with Crippen LogP contribution in [0.3, 0.4) is 0 Å². The number of hydrogen-bond donors (Lipinski definition) is 1. The van der Waals surface area contributed by atoms with E-state index >= 15 is 0 Å². The Hall–Kier alpha value is -1.81. The van der Waals surface area contributed by atoms with E-state index in [1.165, 1.54) is 6.07 Å². The fourth-order valence-corrected chi connectivity index (χ4v) is 2.41. The van der Waals surface area contributed by atoms with E-state index < -0.39 is 0 Å². The van der Waals surface area contributed by atoms with Crippen molar-refractivity contribution in [3.63, 3.8) is 0 Å². The predicted molar refractivity (Wildman–Crippen MR) is 76.9 cm³/mol. The Kier molecular flexibility index (Phi) is 3.49. The van der Waals surface area contributed by atoms with Crippen molar-refractivity contribution in [3.05, 3.63) is 53.7 Å². The second-order valence-electron chi connectivity index (χ2n) is 5.44. The van der Waals surface area contributed by atoms with Crippen molar-refractivity contribution >= 4 is 5.69 Å². The van der Waals surface area contributed by atoms with Crippen LogP contribution in [0.2, 0.25) is 0 Å². The Labute approximate surface area is 118 Å². The van der Waals surface area contributed by atoms with Crippen LogP contribution in [-0.2, 0) is 6.54 Å². The summed E-state index contributed by atoms with van der Waals surface area (Å²) in [6.07, 6.45) is 3.86. The Bertz CT molecular complexity index is 576. The molecule has 0 spiro atoms. The molecule has 0 radical (unpaired) electrons. The number of hydrogen-bond acceptors (Lipinski definition) is 3. The van der Waals surface area contributed by atoms with Gasteiger partial charge in [0, 0.05) is 12.1 Å². The van der Waals surface area contributed by atoms with Crippen LogP contribution in [-0.4, -0.2) is 6.04 Å². The SMILES string of the molecule is CC(N)c1ccc(N(Cc2ccco2)C2CC2)c(F)c1. The summed E-state index contributed by atoms with van der Waals surface area (Å²) in [5.74, 6) is 0.644. The van der Waals surface area contributed by atoms with Gasteiger partial charge in [-0.1, -0.05) is 6.07 Å². The molecular weight excluding hydrogens is 255 g/mol. The highest BCUT2D eigenvalue weighted by molar-refractivity contribution is 5.51. The predicted octanol–water partition coefficient (Wildman–Crippen LogP) is 3.61. The molecule has 1 aliphatic rings. The smallest absolute Gasteiger partial charge is 0.146 e. The molecule has 1 saturated carbocycles. The molecule has 1 unspecified atom stereocenters. The molecular formula is C16H19FN2O. The maximum absolute atomic E-state index is 14.3. The van der Waals surface area contributed by atoms with Gasteiger partial charge in [0.25, 0.3) is 0 Å². The number of nitrogens with zero attached hydrogens (tertiary/aromatic N) is 1. The van der Waals surface area contributed by atoms with Gasteiger partial charge in [-0.05, 0) is 49.6 Å². The summed E-state index contributed by atoms with van der Waals surface area (Å²) in [5.41, 5.74) is 7.25. The average Bonchev–Trinajstić information content (AvgIpc) is 3.14. The lowest BCUT2D eigenvalue weighted by atomic mass is 10.1. The summed E-state index contributed by atoms with van der Waals surface area (Å²) in [6, 6.07) is 9.31. The average molecular weight is 274 g/mol. The van der Waals surface area contributed by atoms with Crippen LogP contribution in [0.25, 0.3) is 0 Å². The van der Waals surface area contributed by atoms with Crippen molar-refractivity contribution in [2.75, 3.05) is 4.90 Å². The van der Waals surface area contributed by atoms with E-state index in [-0.39, 0.29) is 11.9 Å². The highest BCUT2D eigenvalue weighted by Gasteiger charge is 2.31. The number of anilines is 1. The van der Waals surface area contributed by atoms with Crippen molar-refractivity contribution in [2.45, 2.75) is 38.4 Å². The zero-order valence-corrected chi connectivity index (χ0v) is 11.6.